The zero-order valence-corrected chi connectivity index (χ0v) is 14.6. The summed E-state index contributed by atoms with van der Waals surface area (Å²) in [5, 5.41) is 0.760. The van der Waals surface area contributed by atoms with Crippen molar-refractivity contribution in [1.29, 1.82) is 0 Å². The zero-order valence-electron chi connectivity index (χ0n) is 12.3. The highest BCUT2D eigenvalue weighted by molar-refractivity contribution is 9.10. The maximum Gasteiger partial charge on any atom is 0.0482 e. The molecule has 3 rings (SSSR count). The Kier molecular flexibility index (Phi) is 5.23. The summed E-state index contributed by atoms with van der Waals surface area (Å²) in [7, 11) is 0. The van der Waals surface area contributed by atoms with Gasteiger partial charge in [-0.15, -0.1) is 0 Å². The van der Waals surface area contributed by atoms with Gasteiger partial charge in [0, 0.05) is 54.8 Å². The third kappa shape index (κ3) is 3.99. The minimum absolute atomic E-state index is 0.278. The van der Waals surface area contributed by atoms with E-state index in [-0.39, 0.29) is 6.04 Å². The van der Waals surface area contributed by atoms with Crippen LogP contribution < -0.4 is 5.73 Å². The molecule has 1 heterocycles. The lowest BCUT2D eigenvalue weighted by Crippen LogP contribution is -2.49. The highest BCUT2D eigenvalue weighted by Gasteiger charge is 2.29. The fourth-order valence-corrected chi connectivity index (χ4v) is 4.11. The molecule has 0 spiro atoms. The molecule has 1 aliphatic carbocycles. The summed E-state index contributed by atoms with van der Waals surface area (Å²) in [5.74, 6) is 0.979. The topological polar surface area (TPSA) is 32.5 Å². The number of benzene rings is 1. The number of hydrogen-bond acceptors (Lipinski definition) is 3. The van der Waals surface area contributed by atoms with Crippen LogP contribution in [0.2, 0.25) is 5.02 Å². The van der Waals surface area contributed by atoms with Crippen LogP contribution in [0.25, 0.3) is 0 Å². The molecule has 1 aromatic rings. The Morgan fingerprint density at radius 1 is 1.24 bits per heavy atom. The van der Waals surface area contributed by atoms with E-state index in [1.54, 1.807) is 0 Å². The third-order valence-electron chi connectivity index (χ3n) is 4.61. The van der Waals surface area contributed by atoms with E-state index in [0.717, 1.165) is 41.6 Å². The van der Waals surface area contributed by atoms with Gasteiger partial charge in [-0.05, 0) is 36.5 Å². The van der Waals surface area contributed by atoms with Crippen molar-refractivity contribution in [2.75, 3.05) is 39.3 Å². The molecular weight excluding hydrogens is 350 g/mol. The van der Waals surface area contributed by atoms with Crippen molar-refractivity contribution in [3.8, 4) is 0 Å². The molecule has 2 N–H and O–H groups in total. The normalized spacial score (nSPS) is 22.4. The summed E-state index contributed by atoms with van der Waals surface area (Å²) in [6, 6.07) is 6.29. The Morgan fingerprint density at radius 3 is 2.52 bits per heavy atom. The monoisotopic (exact) mass is 371 g/mol. The van der Waals surface area contributed by atoms with Gasteiger partial charge in [0.25, 0.3) is 0 Å². The van der Waals surface area contributed by atoms with Gasteiger partial charge < -0.3 is 10.6 Å². The lowest BCUT2D eigenvalue weighted by Gasteiger charge is -2.39. The van der Waals surface area contributed by atoms with E-state index in [9.17, 15) is 0 Å². The minimum atomic E-state index is 0.278. The molecular formula is C16H23BrClN3. The van der Waals surface area contributed by atoms with E-state index in [1.165, 1.54) is 24.9 Å². The maximum atomic E-state index is 6.06. The first-order valence-corrected chi connectivity index (χ1v) is 8.96. The SMILES string of the molecule is NCC(c1ccc(Cl)cc1Br)N1CCN(CC2CC2)CC1. The highest BCUT2D eigenvalue weighted by Crippen LogP contribution is 2.32. The van der Waals surface area contributed by atoms with Crippen molar-refractivity contribution >= 4 is 27.5 Å². The second kappa shape index (κ2) is 6.97. The van der Waals surface area contributed by atoms with Crippen LogP contribution in [0, 0.1) is 5.92 Å². The van der Waals surface area contributed by atoms with Crippen molar-refractivity contribution in [3.63, 3.8) is 0 Å². The molecule has 3 nitrogen and oxygen atoms in total. The van der Waals surface area contributed by atoms with Gasteiger partial charge in [0.1, 0.15) is 0 Å². The predicted molar refractivity (Wildman–Crippen MR) is 91.7 cm³/mol. The Bertz CT molecular complexity index is 484. The molecule has 1 aromatic carbocycles. The molecule has 1 aliphatic heterocycles. The fourth-order valence-electron chi connectivity index (χ4n) is 3.17. The van der Waals surface area contributed by atoms with Crippen LogP contribution in [-0.2, 0) is 0 Å². The Morgan fingerprint density at radius 2 is 1.95 bits per heavy atom. The van der Waals surface area contributed by atoms with E-state index in [0.29, 0.717) is 6.54 Å². The first-order chi connectivity index (χ1) is 10.2. The number of nitrogens with zero attached hydrogens (tertiary/aromatic N) is 2. The number of rotatable bonds is 5. The third-order valence-corrected chi connectivity index (χ3v) is 5.53. The Hall–Kier alpha value is -0.130. The molecule has 2 fully saturated rings. The molecule has 5 heteroatoms. The predicted octanol–water partition coefficient (Wildman–Crippen LogP) is 3.13. The van der Waals surface area contributed by atoms with Crippen molar-refractivity contribution in [2.45, 2.75) is 18.9 Å². The van der Waals surface area contributed by atoms with Crippen LogP contribution in [-0.4, -0.2) is 49.1 Å². The summed E-state index contributed by atoms with van der Waals surface area (Å²) < 4.78 is 1.06. The summed E-state index contributed by atoms with van der Waals surface area (Å²) >= 11 is 9.67. The largest absolute Gasteiger partial charge is 0.329 e. The number of hydrogen-bond donors (Lipinski definition) is 1. The van der Waals surface area contributed by atoms with E-state index in [4.69, 9.17) is 17.3 Å². The smallest absolute Gasteiger partial charge is 0.0482 e. The molecule has 0 radical (unpaired) electrons. The van der Waals surface area contributed by atoms with Gasteiger partial charge in [0.05, 0.1) is 0 Å². The van der Waals surface area contributed by atoms with Crippen molar-refractivity contribution in [2.24, 2.45) is 11.7 Å². The number of piperazine rings is 1. The first kappa shape index (κ1) is 15.8. The van der Waals surface area contributed by atoms with Crippen molar-refractivity contribution < 1.29 is 0 Å². The number of nitrogens with two attached hydrogens (primary N) is 1. The zero-order chi connectivity index (χ0) is 14.8. The van der Waals surface area contributed by atoms with E-state index < -0.39 is 0 Å². The minimum Gasteiger partial charge on any atom is -0.329 e. The fraction of sp³-hybridized carbons (Fsp3) is 0.625. The van der Waals surface area contributed by atoms with Crippen LogP contribution in [0.3, 0.4) is 0 Å². The second-order valence-corrected chi connectivity index (χ2v) is 7.49. The van der Waals surface area contributed by atoms with Crippen LogP contribution in [0.1, 0.15) is 24.4 Å². The molecule has 0 aromatic heterocycles. The Labute approximate surface area is 140 Å². The van der Waals surface area contributed by atoms with Gasteiger partial charge in [-0.3, -0.25) is 4.90 Å². The second-order valence-electron chi connectivity index (χ2n) is 6.20. The van der Waals surface area contributed by atoms with Gasteiger partial charge in [0.15, 0.2) is 0 Å². The molecule has 1 saturated carbocycles. The van der Waals surface area contributed by atoms with Crippen LogP contribution in [0.15, 0.2) is 22.7 Å². The highest BCUT2D eigenvalue weighted by atomic mass is 79.9. The Balaban J connectivity index is 1.63. The molecule has 2 aliphatic rings. The maximum absolute atomic E-state index is 6.06. The van der Waals surface area contributed by atoms with Gasteiger partial charge >= 0.3 is 0 Å². The quantitative estimate of drug-likeness (QED) is 0.862. The standard InChI is InChI=1S/C16H23BrClN3/c17-15-9-13(18)3-4-14(15)16(10-19)21-7-5-20(6-8-21)11-12-1-2-12/h3-4,9,12,16H,1-2,5-8,10-11,19H2. The lowest BCUT2D eigenvalue weighted by atomic mass is 10.0. The average molecular weight is 373 g/mol. The summed E-state index contributed by atoms with van der Waals surface area (Å²) in [6.45, 7) is 6.47. The molecule has 21 heavy (non-hydrogen) atoms. The molecule has 116 valence electrons. The van der Waals surface area contributed by atoms with Gasteiger partial charge in [-0.2, -0.15) is 0 Å². The van der Waals surface area contributed by atoms with Gasteiger partial charge in [-0.1, -0.05) is 33.6 Å². The molecule has 1 atom stereocenters. The molecule has 0 amide bonds. The summed E-state index contributed by atoms with van der Waals surface area (Å²) in [4.78, 5) is 5.12. The lowest BCUT2D eigenvalue weighted by molar-refractivity contribution is 0.0953. The van der Waals surface area contributed by atoms with E-state index in [2.05, 4.69) is 31.8 Å². The van der Waals surface area contributed by atoms with Crippen LogP contribution >= 0.6 is 27.5 Å². The van der Waals surface area contributed by atoms with E-state index >= 15 is 0 Å². The molecule has 1 saturated heterocycles. The van der Waals surface area contributed by atoms with Crippen LogP contribution in [0.5, 0.6) is 0 Å². The summed E-state index contributed by atoms with van der Waals surface area (Å²) in [6.07, 6.45) is 2.87. The van der Waals surface area contributed by atoms with Crippen LogP contribution in [0.4, 0.5) is 0 Å². The average Bonchev–Trinajstić information content (AvgIpc) is 3.27. The molecule has 1 unspecified atom stereocenters. The molecule has 0 bridgehead atoms. The van der Waals surface area contributed by atoms with Crippen molar-refractivity contribution in [1.82, 2.24) is 9.80 Å². The summed E-state index contributed by atoms with van der Waals surface area (Å²) in [5.41, 5.74) is 7.31. The first-order valence-electron chi connectivity index (χ1n) is 7.79. The van der Waals surface area contributed by atoms with Gasteiger partial charge in [-0.25, -0.2) is 0 Å². The number of halogens is 2. The van der Waals surface area contributed by atoms with E-state index in [1.807, 2.05) is 12.1 Å². The van der Waals surface area contributed by atoms with Crippen molar-refractivity contribution in [3.05, 3.63) is 33.3 Å². The van der Waals surface area contributed by atoms with Gasteiger partial charge in [0.2, 0.25) is 0 Å².